The van der Waals surface area contributed by atoms with Gasteiger partial charge in [0.2, 0.25) is 10.0 Å². The summed E-state index contributed by atoms with van der Waals surface area (Å²) in [5.41, 5.74) is 2.13. The Bertz CT molecular complexity index is 392. The third-order valence-corrected chi connectivity index (χ3v) is 2.21. The van der Waals surface area contributed by atoms with Crippen molar-refractivity contribution >= 4 is 15.7 Å². The molecule has 0 saturated heterocycles. The molecule has 1 aromatic rings. The van der Waals surface area contributed by atoms with Crippen LogP contribution in [0.1, 0.15) is 11.3 Å². The topological polar surface area (TPSA) is 59.1 Å². The molecule has 0 fully saturated rings. The Labute approximate surface area is 78.1 Å². The predicted molar refractivity (Wildman–Crippen MR) is 52.2 cm³/mol. The molecule has 13 heavy (non-hydrogen) atoms. The number of pyridine rings is 1. The molecule has 0 radical (unpaired) electrons. The van der Waals surface area contributed by atoms with Crippen LogP contribution < -0.4 is 4.72 Å². The fraction of sp³-hybridized carbons (Fsp3) is 0.375. The van der Waals surface area contributed by atoms with Crippen LogP contribution in [0.3, 0.4) is 0 Å². The first kappa shape index (κ1) is 9.98. The molecule has 0 aliphatic carbocycles. The molecule has 1 aromatic heterocycles. The summed E-state index contributed by atoms with van der Waals surface area (Å²) < 4.78 is 24.4. The van der Waals surface area contributed by atoms with Crippen LogP contribution in [0.4, 0.5) is 5.69 Å². The van der Waals surface area contributed by atoms with Crippen LogP contribution in [-0.4, -0.2) is 19.7 Å². The third kappa shape index (κ3) is 2.69. The maximum Gasteiger partial charge on any atom is 0.229 e. The zero-order chi connectivity index (χ0) is 10.1. The van der Waals surface area contributed by atoms with Gasteiger partial charge in [-0.1, -0.05) is 0 Å². The van der Waals surface area contributed by atoms with Crippen molar-refractivity contribution in [2.45, 2.75) is 13.8 Å². The third-order valence-electron chi connectivity index (χ3n) is 1.64. The smallest absolute Gasteiger partial charge is 0.229 e. The van der Waals surface area contributed by atoms with Crippen molar-refractivity contribution in [3.63, 3.8) is 0 Å². The lowest BCUT2D eigenvalue weighted by Crippen LogP contribution is -2.12. The second-order valence-corrected chi connectivity index (χ2v) is 4.71. The number of anilines is 1. The first-order valence-electron chi connectivity index (χ1n) is 3.80. The van der Waals surface area contributed by atoms with Crippen LogP contribution in [0.15, 0.2) is 12.3 Å². The van der Waals surface area contributed by atoms with Gasteiger partial charge >= 0.3 is 0 Å². The summed E-state index contributed by atoms with van der Waals surface area (Å²) >= 11 is 0. The molecule has 1 rings (SSSR count). The summed E-state index contributed by atoms with van der Waals surface area (Å²) in [4.78, 5) is 4.00. The van der Waals surface area contributed by atoms with E-state index in [1.54, 1.807) is 19.2 Å². The fourth-order valence-electron chi connectivity index (χ4n) is 1.03. The molecule has 0 bridgehead atoms. The van der Waals surface area contributed by atoms with Gasteiger partial charge in [0.05, 0.1) is 17.6 Å². The van der Waals surface area contributed by atoms with Gasteiger partial charge in [-0.05, 0) is 25.5 Å². The van der Waals surface area contributed by atoms with Gasteiger partial charge in [0.25, 0.3) is 0 Å². The Hall–Kier alpha value is -1.10. The summed E-state index contributed by atoms with van der Waals surface area (Å²) in [7, 11) is -3.21. The maximum absolute atomic E-state index is 11.0. The lowest BCUT2D eigenvalue weighted by atomic mass is 10.2. The van der Waals surface area contributed by atoms with Crippen molar-refractivity contribution in [3.05, 3.63) is 23.5 Å². The maximum atomic E-state index is 11.0. The number of hydrogen-bond donors (Lipinski definition) is 1. The van der Waals surface area contributed by atoms with Crippen LogP contribution in [0.5, 0.6) is 0 Å². The largest absolute Gasteiger partial charge is 0.282 e. The monoisotopic (exact) mass is 200 g/mol. The van der Waals surface area contributed by atoms with E-state index in [0.29, 0.717) is 11.4 Å². The van der Waals surface area contributed by atoms with Crippen LogP contribution in [0.25, 0.3) is 0 Å². The minimum absolute atomic E-state index is 0.574. The number of rotatable bonds is 2. The lowest BCUT2D eigenvalue weighted by molar-refractivity contribution is 0.606. The van der Waals surface area contributed by atoms with Gasteiger partial charge in [0.1, 0.15) is 0 Å². The highest BCUT2D eigenvalue weighted by molar-refractivity contribution is 7.92. The fourth-order valence-corrected chi connectivity index (χ4v) is 1.71. The molecule has 0 amide bonds. The summed E-state index contributed by atoms with van der Waals surface area (Å²) in [5.74, 6) is 0. The van der Waals surface area contributed by atoms with Crippen molar-refractivity contribution in [2.75, 3.05) is 11.0 Å². The van der Waals surface area contributed by atoms with Crippen molar-refractivity contribution < 1.29 is 8.42 Å². The van der Waals surface area contributed by atoms with Gasteiger partial charge in [-0.15, -0.1) is 0 Å². The second kappa shape index (κ2) is 3.33. The van der Waals surface area contributed by atoms with Crippen molar-refractivity contribution in [1.82, 2.24) is 4.98 Å². The average Bonchev–Trinajstić information content (AvgIpc) is 1.95. The Kier molecular flexibility index (Phi) is 2.56. The van der Waals surface area contributed by atoms with Crippen LogP contribution in [-0.2, 0) is 10.0 Å². The van der Waals surface area contributed by atoms with E-state index in [9.17, 15) is 8.42 Å². The zero-order valence-electron chi connectivity index (χ0n) is 7.83. The Morgan fingerprint density at radius 1 is 1.38 bits per heavy atom. The number of aromatic nitrogens is 1. The highest BCUT2D eigenvalue weighted by Crippen LogP contribution is 2.17. The molecule has 0 aromatic carbocycles. The first-order chi connectivity index (χ1) is 5.90. The van der Waals surface area contributed by atoms with Gasteiger partial charge in [0.15, 0.2) is 0 Å². The van der Waals surface area contributed by atoms with Crippen LogP contribution >= 0.6 is 0 Å². The molecule has 0 atom stereocenters. The minimum atomic E-state index is -3.21. The van der Waals surface area contributed by atoms with Crippen LogP contribution in [0, 0.1) is 13.8 Å². The van der Waals surface area contributed by atoms with E-state index in [4.69, 9.17) is 0 Å². The van der Waals surface area contributed by atoms with Crippen molar-refractivity contribution in [3.8, 4) is 0 Å². The molecule has 4 nitrogen and oxygen atoms in total. The van der Waals surface area contributed by atoms with Crippen LogP contribution in [0.2, 0.25) is 0 Å². The van der Waals surface area contributed by atoms with E-state index in [0.717, 1.165) is 11.8 Å². The normalized spacial score (nSPS) is 11.3. The van der Waals surface area contributed by atoms with Gasteiger partial charge in [-0.2, -0.15) is 0 Å². The van der Waals surface area contributed by atoms with Gasteiger partial charge in [-0.25, -0.2) is 8.42 Å². The summed E-state index contributed by atoms with van der Waals surface area (Å²) in [6.07, 6.45) is 2.77. The van der Waals surface area contributed by atoms with Gasteiger partial charge in [-0.3, -0.25) is 9.71 Å². The van der Waals surface area contributed by atoms with Gasteiger partial charge in [0, 0.05) is 6.20 Å². The number of aryl methyl sites for hydroxylation is 2. The highest BCUT2D eigenvalue weighted by Gasteiger charge is 2.07. The van der Waals surface area contributed by atoms with E-state index in [1.165, 1.54) is 0 Å². The van der Waals surface area contributed by atoms with E-state index < -0.39 is 10.0 Å². The van der Waals surface area contributed by atoms with Crippen molar-refractivity contribution in [2.24, 2.45) is 0 Å². The molecular formula is C8H12N2O2S. The Morgan fingerprint density at radius 3 is 2.46 bits per heavy atom. The number of hydrogen-bond acceptors (Lipinski definition) is 3. The SMILES string of the molecule is Cc1ccnc(C)c1NS(C)(=O)=O. The molecule has 5 heteroatoms. The van der Waals surface area contributed by atoms with E-state index >= 15 is 0 Å². The molecule has 0 unspecified atom stereocenters. The Balaban J connectivity index is 3.15. The molecule has 1 N–H and O–H groups in total. The lowest BCUT2D eigenvalue weighted by Gasteiger charge is -2.09. The molecule has 1 heterocycles. The predicted octanol–water partition coefficient (Wildman–Crippen LogP) is 1.07. The molecule has 0 spiro atoms. The Morgan fingerprint density at radius 2 is 2.00 bits per heavy atom. The minimum Gasteiger partial charge on any atom is -0.282 e. The molecule has 0 saturated carbocycles. The summed E-state index contributed by atoms with van der Waals surface area (Å²) in [5, 5.41) is 0. The second-order valence-electron chi connectivity index (χ2n) is 2.96. The van der Waals surface area contributed by atoms with E-state index in [2.05, 4.69) is 9.71 Å². The van der Waals surface area contributed by atoms with Crippen molar-refractivity contribution in [1.29, 1.82) is 0 Å². The zero-order valence-corrected chi connectivity index (χ0v) is 8.64. The first-order valence-corrected chi connectivity index (χ1v) is 5.69. The molecule has 0 aliphatic rings. The summed E-state index contributed by atoms with van der Waals surface area (Å²) in [6, 6.07) is 1.76. The molecule has 72 valence electrons. The van der Waals surface area contributed by atoms with E-state index in [-0.39, 0.29) is 0 Å². The number of nitrogens with one attached hydrogen (secondary N) is 1. The molecule has 0 aliphatic heterocycles. The quantitative estimate of drug-likeness (QED) is 0.776. The standard InChI is InChI=1S/C8H12N2O2S/c1-6-4-5-9-7(2)8(6)10-13(3,11)12/h4-5,10H,1-3H3. The molecular weight excluding hydrogens is 188 g/mol. The number of nitrogens with zero attached hydrogens (tertiary/aromatic N) is 1. The summed E-state index contributed by atoms with van der Waals surface area (Å²) in [6.45, 7) is 3.60. The van der Waals surface area contributed by atoms with Gasteiger partial charge < -0.3 is 0 Å². The average molecular weight is 200 g/mol. The highest BCUT2D eigenvalue weighted by atomic mass is 32.2. The van der Waals surface area contributed by atoms with E-state index in [1.807, 2.05) is 6.92 Å². The number of sulfonamides is 1.